The van der Waals surface area contributed by atoms with Crippen LogP contribution in [0.5, 0.6) is 0 Å². The van der Waals surface area contributed by atoms with Crippen LogP contribution in [0.1, 0.15) is 42.0 Å². The van der Waals surface area contributed by atoms with E-state index < -0.39 is 0 Å². The van der Waals surface area contributed by atoms with Crippen molar-refractivity contribution < 1.29 is 4.42 Å². The molecule has 154 valence electrons. The summed E-state index contributed by atoms with van der Waals surface area (Å²) >= 11 is 0. The molecule has 0 radical (unpaired) electrons. The van der Waals surface area contributed by atoms with Gasteiger partial charge in [-0.2, -0.15) is 0 Å². The molecular weight excluding hydrogens is 378 g/mol. The third-order valence-corrected chi connectivity index (χ3v) is 6.20. The number of rotatable bonds is 3. The molecule has 0 aliphatic carbocycles. The molecule has 0 saturated carbocycles. The zero-order valence-electron chi connectivity index (χ0n) is 18.8. The Morgan fingerprint density at radius 2 is 1.52 bits per heavy atom. The molecule has 5 aromatic rings. The maximum atomic E-state index is 6.46. The minimum absolute atomic E-state index is 0.449. The quantitative estimate of drug-likeness (QED) is 0.301. The van der Waals surface area contributed by atoms with Crippen LogP contribution in [0.15, 0.2) is 71.3 Å². The molecule has 5 rings (SSSR count). The van der Waals surface area contributed by atoms with Crippen LogP contribution in [0, 0.1) is 20.8 Å². The molecule has 0 spiro atoms. The molecule has 31 heavy (non-hydrogen) atoms. The number of fused-ring (bicyclic) bond motifs is 3. The minimum atomic E-state index is 0.449. The lowest BCUT2D eigenvalue weighted by molar-refractivity contribution is 0.670. The molecule has 2 heteroatoms. The predicted octanol–water partition coefficient (Wildman–Crippen LogP) is 8.36. The highest BCUT2D eigenvalue weighted by molar-refractivity contribution is 6.16. The number of furan rings is 1. The highest BCUT2D eigenvalue weighted by Gasteiger charge is 2.19. The smallest absolute Gasteiger partial charge is 0.145 e. The second kappa shape index (κ2) is 7.39. The Morgan fingerprint density at radius 3 is 2.26 bits per heavy atom. The molecule has 2 aromatic heterocycles. The summed E-state index contributed by atoms with van der Waals surface area (Å²) in [5, 5.41) is 2.31. The van der Waals surface area contributed by atoms with E-state index in [1.807, 2.05) is 12.3 Å². The van der Waals surface area contributed by atoms with Gasteiger partial charge in [-0.05, 0) is 78.8 Å². The zero-order chi connectivity index (χ0) is 21.7. The van der Waals surface area contributed by atoms with Crippen molar-refractivity contribution in [2.75, 3.05) is 0 Å². The Hall–Kier alpha value is -3.39. The van der Waals surface area contributed by atoms with Gasteiger partial charge in [0.05, 0.1) is 5.69 Å². The second-order valence-electron chi connectivity index (χ2n) is 8.87. The van der Waals surface area contributed by atoms with Gasteiger partial charge in [0, 0.05) is 22.5 Å². The SMILES string of the molecule is Cc1cc(C)c(-c2ccc(-c3cc(C(C)C)ccn3)c3oc4ccccc4c23)c(C)c1. The molecule has 0 bridgehead atoms. The first kappa shape index (κ1) is 19.6. The van der Waals surface area contributed by atoms with Crippen molar-refractivity contribution in [1.29, 1.82) is 0 Å². The summed E-state index contributed by atoms with van der Waals surface area (Å²) in [6.07, 6.45) is 1.90. The lowest BCUT2D eigenvalue weighted by Crippen LogP contribution is -1.93. The molecule has 0 amide bonds. The van der Waals surface area contributed by atoms with Crippen molar-refractivity contribution >= 4 is 21.9 Å². The van der Waals surface area contributed by atoms with E-state index in [4.69, 9.17) is 9.40 Å². The van der Waals surface area contributed by atoms with Crippen LogP contribution in [0.4, 0.5) is 0 Å². The van der Waals surface area contributed by atoms with Crippen LogP contribution >= 0.6 is 0 Å². The Kier molecular flexibility index (Phi) is 4.66. The topological polar surface area (TPSA) is 26.0 Å². The zero-order valence-corrected chi connectivity index (χ0v) is 18.8. The molecule has 2 nitrogen and oxygen atoms in total. The first-order valence-corrected chi connectivity index (χ1v) is 10.9. The average Bonchev–Trinajstić information content (AvgIpc) is 3.13. The van der Waals surface area contributed by atoms with E-state index in [2.05, 4.69) is 89.2 Å². The van der Waals surface area contributed by atoms with Gasteiger partial charge in [0.15, 0.2) is 0 Å². The van der Waals surface area contributed by atoms with Crippen LogP contribution in [-0.2, 0) is 0 Å². The standard InChI is InChI=1S/C29H27NO/c1-17(2)21-12-13-30-25(16-21)22-10-11-24(27-19(4)14-18(3)15-20(27)5)28-23-8-6-7-9-26(23)31-29(22)28/h6-17H,1-5H3. The van der Waals surface area contributed by atoms with Crippen molar-refractivity contribution in [2.45, 2.75) is 40.5 Å². The highest BCUT2D eigenvalue weighted by Crippen LogP contribution is 2.43. The van der Waals surface area contributed by atoms with Gasteiger partial charge >= 0.3 is 0 Å². The number of aromatic nitrogens is 1. The Bertz CT molecular complexity index is 1420. The number of para-hydroxylation sites is 1. The molecular formula is C29H27NO. The van der Waals surface area contributed by atoms with E-state index in [-0.39, 0.29) is 0 Å². The molecule has 0 atom stereocenters. The minimum Gasteiger partial charge on any atom is -0.455 e. The largest absolute Gasteiger partial charge is 0.455 e. The van der Waals surface area contributed by atoms with Gasteiger partial charge in [-0.1, -0.05) is 55.8 Å². The summed E-state index contributed by atoms with van der Waals surface area (Å²) in [7, 11) is 0. The number of hydrogen-bond acceptors (Lipinski definition) is 2. The van der Waals surface area contributed by atoms with E-state index in [0.717, 1.165) is 27.8 Å². The molecule has 0 aliphatic heterocycles. The van der Waals surface area contributed by atoms with E-state index in [0.29, 0.717) is 5.92 Å². The third kappa shape index (κ3) is 3.23. The molecule has 2 heterocycles. The fourth-order valence-electron chi connectivity index (χ4n) is 4.80. The lowest BCUT2D eigenvalue weighted by atomic mass is 9.89. The van der Waals surface area contributed by atoms with E-state index in [1.54, 1.807) is 0 Å². The first-order valence-electron chi connectivity index (χ1n) is 10.9. The molecule has 0 aliphatic rings. The summed E-state index contributed by atoms with van der Waals surface area (Å²) in [4.78, 5) is 4.70. The third-order valence-electron chi connectivity index (χ3n) is 6.20. The van der Waals surface area contributed by atoms with Gasteiger partial charge in [0.25, 0.3) is 0 Å². The van der Waals surface area contributed by atoms with Gasteiger partial charge in [-0.3, -0.25) is 4.98 Å². The Labute approximate surface area is 183 Å². The van der Waals surface area contributed by atoms with Crippen molar-refractivity contribution in [1.82, 2.24) is 4.98 Å². The van der Waals surface area contributed by atoms with E-state index in [9.17, 15) is 0 Å². The lowest BCUT2D eigenvalue weighted by Gasteiger charge is -2.14. The predicted molar refractivity (Wildman–Crippen MR) is 131 cm³/mol. The van der Waals surface area contributed by atoms with Crippen LogP contribution in [0.3, 0.4) is 0 Å². The number of benzene rings is 3. The van der Waals surface area contributed by atoms with Gasteiger partial charge in [0.1, 0.15) is 11.2 Å². The normalized spacial score (nSPS) is 11.7. The van der Waals surface area contributed by atoms with Crippen LogP contribution in [0.2, 0.25) is 0 Å². The summed E-state index contributed by atoms with van der Waals surface area (Å²) in [5.74, 6) is 0.449. The van der Waals surface area contributed by atoms with Gasteiger partial charge in [-0.15, -0.1) is 0 Å². The number of aryl methyl sites for hydroxylation is 3. The fourth-order valence-corrected chi connectivity index (χ4v) is 4.80. The summed E-state index contributed by atoms with van der Waals surface area (Å²) in [6, 6.07) is 21.5. The summed E-state index contributed by atoms with van der Waals surface area (Å²) in [6.45, 7) is 11.0. The molecule has 3 aromatic carbocycles. The molecule has 0 saturated heterocycles. The molecule has 0 N–H and O–H groups in total. The van der Waals surface area contributed by atoms with Crippen molar-refractivity contribution in [3.8, 4) is 22.4 Å². The van der Waals surface area contributed by atoms with Gasteiger partial charge < -0.3 is 4.42 Å². The van der Waals surface area contributed by atoms with Crippen LogP contribution < -0.4 is 0 Å². The average molecular weight is 406 g/mol. The molecule has 0 unspecified atom stereocenters. The maximum absolute atomic E-state index is 6.46. The fraction of sp³-hybridized carbons (Fsp3) is 0.207. The maximum Gasteiger partial charge on any atom is 0.145 e. The van der Waals surface area contributed by atoms with Crippen molar-refractivity contribution in [2.24, 2.45) is 0 Å². The van der Waals surface area contributed by atoms with E-state index in [1.165, 1.54) is 38.8 Å². The van der Waals surface area contributed by atoms with E-state index >= 15 is 0 Å². The summed E-state index contributed by atoms with van der Waals surface area (Å²) in [5.41, 5.74) is 11.5. The number of hydrogen-bond donors (Lipinski definition) is 0. The Morgan fingerprint density at radius 1 is 0.806 bits per heavy atom. The van der Waals surface area contributed by atoms with Gasteiger partial charge in [-0.25, -0.2) is 0 Å². The Balaban J connectivity index is 1.87. The van der Waals surface area contributed by atoms with Crippen molar-refractivity contribution in [3.05, 3.63) is 89.1 Å². The first-order chi connectivity index (χ1) is 14.9. The second-order valence-corrected chi connectivity index (χ2v) is 8.87. The van der Waals surface area contributed by atoms with Gasteiger partial charge in [0.2, 0.25) is 0 Å². The molecule has 0 fully saturated rings. The van der Waals surface area contributed by atoms with Crippen LogP contribution in [-0.4, -0.2) is 4.98 Å². The number of pyridine rings is 1. The number of nitrogens with zero attached hydrogens (tertiary/aromatic N) is 1. The monoisotopic (exact) mass is 405 g/mol. The summed E-state index contributed by atoms with van der Waals surface area (Å²) < 4.78 is 6.46. The van der Waals surface area contributed by atoms with Crippen LogP contribution in [0.25, 0.3) is 44.3 Å². The van der Waals surface area contributed by atoms with Crippen molar-refractivity contribution in [3.63, 3.8) is 0 Å². The highest BCUT2D eigenvalue weighted by atomic mass is 16.3.